The van der Waals surface area contributed by atoms with Gasteiger partial charge in [-0.3, -0.25) is 4.79 Å². The van der Waals surface area contributed by atoms with E-state index in [0.29, 0.717) is 12.0 Å². The monoisotopic (exact) mass is 393 g/mol. The van der Waals surface area contributed by atoms with Gasteiger partial charge in [0.15, 0.2) is 11.6 Å². The Labute approximate surface area is 167 Å². The molecule has 3 nitrogen and oxygen atoms in total. The predicted molar refractivity (Wildman–Crippen MR) is 107 cm³/mol. The van der Waals surface area contributed by atoms with Gasteiger partial charge < -0.3 is 10.1 Å². The Morgan fingerprint density at radius 2 is 1.90 bits per heavy atom. The second kappa shape index (κ2) is 6.83. The van der Waals surface area contributed by atoms with Crippen molar-refractivity contribution in [1.82, 2.24) is 5.32 Å². The summed E-state index contributed by atoms with van der Waals surface area (Å²) in [6.45, 7) is 0. The first-order valence-electron chi connectivity index (χ1n) is 9.97. The van der Waals surface area contributed by atoms with Gasteiger partial charge in [0.05, 0.1) is 12.5 Å². The van der Waals surface area contributed by atoms with Crippen molar-refractivity contribution in [3.8, 4) is 5.75 Å². The number of amides is 1. The highest BCUT2D eigenvalue weighted by Crippen LogP contribution is 2.49. The van der Waals surface area contributed by atoms with Gasteiger partial charge >= 0.3 is 0 Å². The van der Waals surface area contributed by atoms with Crippen LogP contribution in [0.4, 0.5) is 8.78 Å². The van der Waals surface area contributed by atoms with Crippen molar-refractivity contribution in [1.29, 1.82) is 0 Å². The molecule has 3 aromatic rings. The summed E-state index contributed by atoms with van der Waals surface area (Å²) in [6, 6.07) is 15.4. The van der Waals surface area contributed by atoms with Crippen LogP contribution in [0, 0.1) is 11.6 Å². The van der Waals surface area contributed by atoms with Crippen LogP contribution in [0.15, 0.2) is 54.6 Å². The summed E-state index contributed by atoms with van der Waals surface area (Å²) >= 11 is 0. The molecule has 1 aliphatic heterocycles. The predicted octanol–water partition coefficient (Wildman–Crippen LogP) is 5.22. The molecule has 1 spiro atoms. The zero-order chi connectivity index (χ0) is 20.0. The summed E-state index contributed by atoms with van der Waals surface area (Å²) in [5, 5.41) is 5.12. The average Bonchev–Trinajstić information content (AvgIpc) is 2.67. The van der Waals surface area contributed by atoms with Crippen molar-refractivity contribution >= 4 is 16.7 Å². The Kier molecular flexibility index (Phi) is 4.26. The van der Waals surface area contributed by atoms with E-state index in [1.54, 1.807) is 0 Å². The lowest BCUT2D eigenvalue weighted by Crippen LogP contribution is -2.50. The summed E-state index contributed by atoms with van der Waals surface area (Å²) in [6.07, 6.45) is 3.38. The SMILES string of the molecule is O=C(Cc1cccc2ccccc12)NC1CC2(CCC2)Oc2c(F)cc(F)cc21. The van der Waals surface area contributed by atoms with Crippen molar-refractivity contribution in [3.05, 3.63) is 77.4 Å². The minimum atomic E-state index is -0.709. The van der Waals surface area contributed by atoms with E-state index in [0.717, 1.165) is 41.7 Å². The summed E-state index contributed by atoms with van der Waals surface area (Å²) in [5.74, 6) is -1.46. The molecule has 29 heavy (non-hydrogen) atoms. The molecule has 5 rings (SSSR count). The summed E-state index contributed by atoms with van der Waals surface area (Å²) in [4.78, 5) is 12.9. The van der Waals surface area contributed by atoms with Gasteiger partial charge in [-0.25, -0.2) is 8.78 Å². The van der Waals surface area contributed by atoms with Crippen LogP contribution in [0.25, 0.3) is 10.8 Å². The molecule has 1 atom stereocenters. The third-order valence-corrected chi connectivity index (χ3v) is 6.14. The first kappa shape index (κ1) is 18.1. The molecule has 2 aliphatic rings. The minimum absolute atomic E-state index is 0.0767. The van der Waals surface area contributed by atoms with E-state index in [4.69, 9.17) is 4.74 Å². The van der Waals surface area contributed by atoms with Gasteiger partial charge in [0.2, 0.25) is 5.91 Å². The van der Waals surface area contributed by atoms with Crippen LogP contribution in [-0.4, -0.2) is 11.5 Å². The largest absolute Gasteiger partial charge is 0.484 e. The normalized spacial score (nSPS) is 19.3. The van der Waals surface area contributed by atoms with Crippen molar-refractivity contribution in [2.24, 2.45) is 0 Å². The van der Waals surface area contributed by atoms with Crippen LogP contribution in [0.1, 0.15) is 42.9 Å². The molecule has 1 heterocycles. The first-order chi connectivity index (χ1) is 14.0. The first-order valence-corrected chi connectivity index (χ1v) is 9.97. The van der Waals surface area contributed by atoms with Crippen molar-refractivity contribution in [2.45, 2.75) is 43.7 Å². The summed E-state index contributed by atoms with van der Waals surface area (Å²) < 4.78 is 34.2. The molecule has 0 bridgehead atoms. The maximum Gasteiger partial charge on any atom is 0.224 e. The van der Waals surface area contributed by atoms with Gasteiger partial charge in [-0.1, -0.05) is 42.5 Å². The maximum absolute atomic E-state index is 14.4. The van der Waals surface area contributed by atoms with Crippen LogP contribution in [0.5, 0.6) is 5.75 Å². The van der Waals surface area contributed by atoms with Crippen molar-refractivity contribution < 1.29 is 18.3 Å². The number of benzene rings is 3. The third kappa shape index (κ3) is 3.24. The highest BCUT2D eigenvalue weighted by Gasteiger charge is 2.47. The molecule has 1 aliphatic carbocycles. The zero-order valence-electron chi connectivity index (χ0n) is 15.9. The Balaban J connectivity index is 1.43. The second-order valence-corrected chi connectivity index (χ2v) is 8.08. The lowest BCUT2D eigenvalue weighted by atomic mass is 9.73. The van der Waals surface area contributed by atoms with E-state index in [2.05, 4.69) is 5.32 Å². The molecule has 1 amide bonds. The number of hydrogen-bond acceptors (Lipinski definition) is 2. The Bertz CT molecular complexity index is 1100. The summed E-state index contributed by atoms with van der Waals surface area (Å²) in [5.41, 5.74) is 0.853. The van der Waals surface area contributed by atoms with Crippen LogP contribution in [0.3, 0.4) is 0 Å². The third-order valence-electron chi connectivity index (χ3n) is 6.14. The highest BCUT2D eigenvalue weighted by atomic mass is 19.1. The molecule has 0 radical (unpaired) electrons. The summed E-state index contributed by atoms with van der Waals surface area (Å²) in [7, 11) is 0. The molecule has 0 saturated heterocycles. The number of ether oxygens (including phenoxy) is 1. The van der Waals surface area contributed by atoms with Crippen LogP contribution in [-0.2, 0) is 11.2 Å². The van der Waals surface area contributed by atoms with E-state index < -0.39 is 23.3 Å². The Hall–Kier alpha value is -2.95. The Morgan fingerprint density at radius 3 is 2.69 bits per heavy atom. The molecule has 1 fully saturated rings. The van der Waals surface area contributed by atoms with Crippen molar-refractivity contribution in [3.63, 3.8) is 0 Å². The molecule has 1 N–H and O–H groups in total. The van der Waals surface area contributed by atoms with Crippen LogP contribution in [0.2, 0.25) is 0 Å². The zero-order valence-corrected chi connectivity index (χ0v) is 15.9. The van der Waals surface area contributed by atoms with Gasteiger partial charge in [0.25, 0.3) is 0 Å². The van der Waals surface area contributed by atoms with Crippen LogP contribution < -0.4 is 10.1 Å². The number of carbonyl (C=O) groups excluding carboxylic acids is 1. The van der Waals surface area contributed by atoms with E-state index in [1.807, 2.05) is 42.5 Å². The fraction of sp³-hybridized carbons (Fsp3) is 0.292. The molecule has 0 aromatic heterocycles. The van der Waals surface area contributed by atoms with E-state index >= 15 is 0 Å². The van der Waals surface area contributed by atoms with Crippen LogP contribution >= 0.6 is 0 Å². The Morgan fingerprint density at radius 1 is 1.10 bits per heavy atom. The lowest BCUT2D eigenvalue weighted by Gasteiger charge is -2.48. The van der Waals surface area contributed by atoms with Crippen molar-refractivity contribution in [2.75, 3.05) is 0 Å². The smallest absolute Gasteiger partial charge is 0.224 e. The molecular formula is C24H21F2NO2. The molecule has 1 unspecified atom stereocenters. The number of rotatable bonds is 3. The number of carbonyl (C=O) groups is 1. The molecule has 1 saturated carbocycles. The van der Waals surface area contributed by atoms with E-state index in [9.17, 15) is 13.6 Å². The molecule has 148 valence electrons. The topological polar surface area (TPSA) is 38.3 Å². The fourth-order valence-corrected chi connectivity index (χ4v) is 4.56. The molecule has 3 aromatic carbocycles. The van der Waals surface area contributed by atoms with Gasteiger partial charge in [0, 0.05) is 18.1 Å². The van der Waals surface area contributed by atoms with E-state index in [1.165, 1.54) is 6.07 Å². The van der Waals surface area contributed by atoms with E-state index in [-0.39, 0.29) is 18.1 Å². The second-order valence-electron chi connectivity index (χ2n) is 8.08. The number of halogens is 2. The number of fused-ring (bicyclic) bond motifs is 2. The molecule has 5 heteroatoms. The highest BCUT2D eigenvalue weighted by molar-refractivity contribution is 5.90. The lowest BCUT2D eigenvalue weighted by molar-refractivity contribution is -0.122. The number of hydrogen-bond donors (Lipinski definition) is 1. The van der Waals surface area contributed by atoms with Gasteiger partial charge in [-0.15, -0.1) is 0 Å². The minimum Gasteiger partial charge on any atom is -0.484 e. The fourth-order valence-electron chi connectivity index (χ4n) is 4.56. The average molecular weight is 393 g/mol. The quantitative estimate of drug-likeness (QED) is 0.662. The molecular weight excluding hydrogens is 372 g/mol. The van der Waals surface area contributed by atoms with Gasteiger partial charge in [0.1, 0.15) is 11.4 Å². The van der Waals surface area contributed by atoms with Gasteiger partial charge in [-0.2, -0.15) is 0 Å². The van der Waals surface area contributed by atoms with Gasteiger partial charge in [-0.05, 0) is 41.7 Å². The standard InChI is InChI=1S/C24H21F2NO2/c25-17-12-19-21(14-24(9-4-10-24)29-23(19)20(26)13-17)27-22(28)11-16-7-3-6-15-5-1-2-8-18(15)16/h1-3,5-8,12-13,21H,4,9-11,14H2,(H,27,28). The number of nitrogens with one attached hydrogen (secondary N) is 1. The maximum atomic E-state index is 14.4.